The number of nitrogens with zero attached hydrogens (tertiary/aromatic N) is 3. The van der Waals surface area contributed by atoms with Crippen LogP contribution in [0.25, 0.3) is 0 Å². The average Bonchev–Trinajstić information content (AvgIpc) is 3.01. The highest BCUT2D eigenvalue weighted by Crippen LogP contribution is 2.22. The van der Waals surface area contributed by atoms with E-state index in [-0.39, 0.29) is 36.6 Å². The zero-order valence-electron chi connectivity index (χ0n) is 11.8. The van der Waals surface area contributed by atoms with Crippen molar-refractivity contribution < 1.29 is 14.4 Å². The highest BCUT2D eigenvalue weighted by atomic mass is 16.2. The predicted molar refractivity (Wildman–Crippen MR) is 76.2 cm³/mol. The lowest BCUT2D eigenvalue weighted by Gasteiger charge is -2.12. The van der Waals surface area contributed by atoms with Crippen LogP contribution in [0.5, 0.6) is 0 Å². The first-order chi connectivity index (χ1) is 10.6. The molecular formula is C14H13N5O3. The summed E-state index contributed by atoms with van der Waals surface area (Å²) in [6.45, 7) is 1.73. The van der Waals surface area contributed by atoms with E-state index in [9.17, 15) is 14.4 Å². The molecule has 3 rings (SSSR count). The van der Waals surface area contributed by atoms with Crippen molar-refractivity contribution in [2.45, 2.75) is 13.3 Å². The normalized spacial score (nSPS) is 13.4. The van der Waals surface area contributed by atoms with Gasteiger partial charge in [0, 0.05) is 13.0 Å². The second kappa shape index (κ2) is 5.40. The molecule has 2 aromatic rings. The summed E-state index contributed by atoms with van der Waals surface area (Å²) in [4.78, 5) is 41.1. The molecule has 0 saturated heterocycles. The van der Waals surface area contributed by atoms with Gasteiger partial charge in [-0.25, -0.2) is 0 Å². The van der Waals surface area contributed by atoms with Crippen molar-refractivity contribution in [2.24, 2.45) is 0 Å². The Morgan fingerprint density at radius 2 is 1.86 bits per heavy atom. The summed E-state index contributed by atoms with van der Waals surface area (Å²) in [5.74, 6) is -0.361. The van der Waals surface area contributed by atoms with Gasteiger partial charge in [-0.15, -0.1) is 5.10 Å². The number of carbonyl (C=O) groups is 3. The molecule has 0 fully saturated rings. The highest BCUT2D eigenvalue weighted by molar-refractivity contribution is 6.21. The lowest BCUT2D eigenvalue weighted by Crippen LogP contribution is -2.33. The van der Waals surface area contributed by atoms with Crippen molar-refractivity contribution >= 4 is 23.7 Å². The molecule has 22 heavy (non-hydrogen) atoms. The Bertz CT molecular complexity index is 732. The molecule has 0 bridgehead atoms. The number of hydrogen-bond donors (Lipinski definition) is 2. The lowest BCUT2D eigenvalue weighted by atomic mass is 10.1. The van der Waals surface area contributed by atoms with Crippen LogP contribution in [0.1, 0.15) is 33.0 Å². The number of rotatable bonds is 4. The van der Waals surface area contributed by atoms with E-state index in [0.29, 0.717) is 17.0 Å². The maximum atomic E-state index is 12.1. The maximum absolute atomic E-state index is 12.1. The third-order valence-corrected chi connectivity index (χ3v) is 3.29. The number of aromatic amines is 1. The molecule has 0 radical (unpaired) electrons. The van der Waals surface area contributed by atoms with Crippen LogP contribution in [0.4, 0.5) is 5.95 Å². The van der Waals surface area contributed by atoms with Crippen molar-refractivity contribution in [3.8, 4) is 0 Å². The van der Waals surface area contributed by atoms with Crippen LogP contribution in [0.2, 0.25) is 0 Å². The van der Waals surface area contributed by atoms with Crippen LogP contribution in [0.3, 0.4) is 0 Å². The molecule has 3 amide bonds. The van der Waals surface area contributed by atoms with Crippen molar-refractivity contribution in [3.05, 3.63) is 41.2 Å². The van der Waals surface area contributed by atoms with Crippen LogP contribution in [-0.2, 0) is 4.79 Å². The SMILES string of the molecule is Cc1nc(NC(=O)CCN2C(=O)c3ccccc3C2=O)n[nH]1. The third kappa shape index (κ3) is 2.46. The van der Waals surface area contributed by atoms with E-state index in [0.717, 1.165) is 4.90 Å². The minimum Gasteiger partial charge on any atom is -0.293 e. The topological polar surface area (TPSA) is 108 Å². The number of H-pyrrole nitrogens is 1. The van der Waals surface area contributed by atoms with E-state index in [1.54, 1.807) is 31.2 Å². The summed E-state index contributed by atoms with van der Waals surface area (Å²) in [5, 5.41) is 8.88. The summed E-state index contributed by atoms with van der Waals surface area (Å²) in [5.41, 5.74) is 0.745. The summed E-state index contributed by atoms with van der Waals surface area (Å²) in [7, 11) is 0. The van der Waals surface area contributed by atoms with Crippen molar-refractivity contribution in [1.29, 1.82) is 0 Å². The van der Waals surface area contributed by atoms with Gasteiger partial charge in [-0.3, -0.25) is 29.7 Å². The Labute approximate surface area is 125 Å². The zero-order valence-corrected chi connectivity index (χ0v) is 11.8. The number of benzene rings is 1. The molecule has 0 atom stereocenters. The van der Waals surface area contributed by atoms with Gasteiger partial charge in [0.15, 0.2) is 0 Å². The van der Waals surface area contributed by atoms with Gasteiger partial charge in [-0.1, -0.05) is 12.1 Å². The van der Waals surface area contributed by atoms with Crippen LogP contribution in [0.15, 0.2) is 24.3 Å². The molecule has 8 nitrogen and oxygen atoms in total. The number of anilines is 1. The predicted octanol–water partition coefficient (Wildman–Crippen LogP) is 0.738. The second-order valence-corrected chi connectivity index (χ2v) is 4.85. The van der Waals surface area contributed by atoms with Gasteiger partial charge in [-0.2, -0.15) is 4.98 Å². The van der Waals surface area contributed by atoms with Gasteiger partial charge in [0.25, 0.3) is 11.8 Å². The van der Waals surface area contributed by atoms with Crippen molar-refractivity contribution in [2.75, 3.05) is 11.9 Å². The van der Waals surface area contributed by atoms with Gasteiger partial charge in [0.2, 0.25) is 11.9 Å². The number of carbonyl (C=O) groups excluding carboxylic acids is 3. The van der Waals surface area contributed by atoms with Gasteiger partial charge < -0.3 is 0 Å². The summed E-state index contributed by atoms with van der Waals surface area (Å²) >= 11 is 0. The number of hydrogen-bond acceptors (Lipinski definition) is 5. The first kappa shape index (κ1) is 13.9. The Morgan fingerprint density at radius 3 is 2.41 bits per heavy atom. The first-order valence-electron chi connectivity index (χ1n) is 6.70. The largest absolute Gasteiger partial charge is 0.293 e. The molecule has 1 aliphatic heterocycles. The second-order valence-electron chi connectivity index (χ2n) is 4.85. The molecular weight excluding hydrogens is 286 g/mol. The van der Waals surface area contributed by atoms with Crippen LogP contribution in [0, 0.1) is 6.92 Å². The molecule has 2 N–H and O–H groups in total. The minimum absolute atomic E-state index is 0.0148. The van der Waals surface area contributed by atoms with E-state index in [1.165, 1.54) is 0 Å². The molecule has 112 valence electrons. The average molecular weight is 299 g/mol. The Hall–Kier alpha value is -3.03. The van der Waals surface area contributed by atoms with E-state index < -0.39 is 0 Å². The quantitative estimate of drug-likeness (QED) is 0.809. The molecule has 1 aliphatic rings. The lowest BCUT2D eigenvalue weighted by molar-refractivity contribution is -0.116. The Balaban J connectivity index is 1.62. The highest BCUT2D eigenvalue weighted by Gasteiger charge is 2.34. The van der Waals surface area contributed by atoms with Crippen molar-refractivity contribution in [3.63, 3.8) is 0 Å². The summed E-state index contributed by atoms with van der Waals surface area (Å²) < 4.78 is 0. The molecule has 0 unspecified atom stereocenters. The summed E-state index contributed by atoms with van der Waals surface area (Å²) in [6.07, 6.45) is -0.0148. The Morgan fingerprint density at radius 1 is 1.23 bits per heavy atom. The van der Waals surface area contributed by atoms with Crippen LogP contribution >= 0.6 is 0 Å². The van der Waals surface area contributed by atoms with E-state index in [2.05, 4.69) is 20.5 Å². The zero-order chi connectivity index (χ0) is 15.7. The number of fused-ring (bicyclic) bond motifs is 1. The molecule has 2 heterocycles. The minimum atomic E-state index is -0.373. The van der Waals surface area contributed by atoms with E-state index in [4.69, 9.17) is 0 Å². The van der Waals surface area contributed by atoms with Gasteiger partial charge in [0.05, 0.1) is 11.1 Å². The molecule has 0 saturated carbocycles. The fraction of sp³-hybridized carbons (Fsp3) is 0.214. The van der Waals surface area contributed by atoms with Crippen LogP contribution in [-0.4, -0.2) is 44.3 Å². The Kier molecular flexibility index (Phi) is 3.42. The molecule has 0 aliphatic carbocycles. The van der Waals surface area contributed by atoms with Gasteiger partial charge in [-0.05, 0) is 19.1 Å². The standard InChI is InChI=1S/C14H13N5O3/c1-8-15-14(18-17-8)16-11(20)6-7-19-12(21)9-4-2-3-5-10(9)13(19)22/h2-5H,6-7H2,1H3,(H2,15,16,17,18,20). The number of aromatic nitrogens is 3. The number of imide groups is 1. The molecule has 8 heteroatoms. The fourth-order valence-electron chi connectivity index (χ4n) is 2.24. The molecule has 1 aromatic heterocycles. The number of amides is 3. The molecule has 1 aromatic carbocycles. The number of nitrogens with one attached hydrogen (secondary N) is 2. The fourth-order valence-corrected chi connectivity index (χ4v) is 2.24. The van der Waals surface area contributed by atoms with E-state index in [1.807, 2.05) is 0 Å². The van der Waals surface area contributed by atoms with Gasteiger partial charge >= 0.3 is 0 Å². The van der Waals surface area contributed by atoms with Crippen LogP contribution < -0.4 is 5.32 Å². The maximum Gasteiger partial charge on any atom is 0.261 e. The summed E-state index contributed by atoms with van der Waals surface area (Å²) in [6, 6.07) is 6.61. The third-order valence-electron chi connectivity index (χ3n) is 3.29. The number of aryl methyl sites for hydroxylation is 1. The molecule has 0 spiro atoms. The van der Waals surface area contributed by atoms with E-state index >= 15 is 0 Å². The van der Waals surface area contributed by atoms with Crippen molar-refractivity contribution in [1.82, 2.24) is 20.1 Å². The first-order valence-corrected chi connectivity index (χ1v) is 6.70. The smallest absolute Gasteiger partial charge is 0.261 e. The van der Waals surface area contributed by atoms with Gasteiger partial charge in [0.1, 0.15) is 5.82 Å². The monoisotopic (exact) mass is 299 g/mol.